The van der Waals surface area contributed by atoms with Crippen LogP contribution in [0.5, 0.6) is 0 Å². The summed E-state index contributed by atoms with van der Waals surface area (Å²) in [5.41, 5.74) is 3.24. The van der Waals surface area contributed by atoms with Gasteiger partial charge in [-0.25, -0.2) is 15.0 Å². The van der Waals surface area contributed by atoms with Gasteiger partial charge in [0.15, 0.2) is 17.5 Å². The summed E-state index contributed by atoms with van der Waals surface area (Å²) in [6.45, 7) is 0. The maximum atomic E-state index is 9.74. The van der Waals surface area contributed by atoms with E-state index in [1.807, 2.05) is 109 Å². The molecule has 0 aliphatic rings. The van der Waals surface area contributed by atoms with E-state index < -0.39 is 83.6 Å². The van der Waals surface area contributed by atoms with Crippen LogP contribution in [0.1, 0.15) is 16.4 Å². The van der Waals surface area contributed by atoms with E-state index in [0.29, 0.717) is 39.2 Å². The molecule has 262 valence electrons. The smallest absolute Gasteiger partial charge is 0.166 e. The van der Waals surface area contributed by atoms with Gasteiger partial charge < -0.3 is 8.98 Å². The van der Waals surface area contributed by atoms with Crippen LogP contribution in [0.15, 0.2) is 198 Å². The third-order valence-corrected chi connectivity index (χ3v) is 9.80. The van der Waals surface area contributed by atoms with E-state index in [1.54, 1.807) is 12.1 Å². The first-order valence-corrected chi connectivity index (χ1v) is 17.8. The zero-order chi connectivity index (χ0) is 47.4. The zero-order valence-corrected chi connectivity index (χ0v) is 29.2. The number of aromatic nitrogens is 4. The molecule has 0 saturated heterocycles. The number of para-hydroxylation sites is 2. The average molecular weight is 729 g/mol. The lowest BCUT2D eigenvalue weighted by Gasteiger charge is -2.18. The van der Waals surface area contributed by atoms with Gasteiger partial charge in [0.2, 0.25) is 0 Å². The number of benzene rings is 8. The number of nitrogens with zero attached hydrogens (tertiary/aromatic N) is 4. The summed E-state index contributed by atoms with van der Waals surface area (Å²) in [5, 5.41) is 1.49. The Hall–Kier alpha value is -7.63. The third-order valence-electron chi connectivity index (χ3n) is 9.80. The lowest BCUT2D eigenvalue weighted by molar-refractivity contribution is 0.669. The quantitative estimate of drug-likeness (QED) is 0.171. The molecule has 5 heteroatoms. The molecule has 5 nitrogen and oxygen atoms in total. The topological polar surface area (TPSA) is 56.7 Å². The van der Waals surface area contributed by atoms with Crippen molar-refractivity contribution in [1.29, 1.82) is 0 Å². The van der Waals surface area contributed by atoms with Crippen LogP contribution < -0.4 is 0 Å². The van der Waals surface area contributed by atoms with Crippen LogP contribution >= 0.6 is 0 Å². The predicted octanol–water partition coefficient (Wildman–Crippen LogP) is 13.2. The molecule has 0 unspecified atom stereocenters. The summed E-state index contributed by atoms with van der Waals surface area (Å²) in [5.74, 6) is 0.725. The van der Waals surface area contributed by atoms with Crippen molar-refractivity contribution in [3.8, 4) is 62.1 Å². The second kappa shape index (κ2) is 13.0. The minimum absolute atomic E-state index is 0.134. The Balaban J connectivity index is 1.29. The van der Waals surface area contributed by atoms with Crippen LogP contribution in [0, 0.1) is 0 Å². The molecule has 0 atom stereocenters. The maximum Gasteiger partial charge on any atom is 0.166 e. The second-order valence-corrected chi connectivity index (χ2v) is 13.1. The molecule has 0 spiro atoms. The van der Waals surface area contributed by atoms with Gasteiger partial charge in [-0.1, -0.05) is 151 Å². The van der Waals surface area contributed by atoms with E-state index in [-0.39, 0.29) is 39.1 Å². The van der Waals surface area contributed by atoms with E-state index in [2.05, 4.69) is 0 Å². The van der Waals surface area contributed by atoms with E-state index in [0.717, 1.165) is 16.3 Å². The highest BCUT2D eigenvalue weighted by Gasteiger charge is 2.23. The monoisotopic (exact) mass is 728 g/mol. The molecule has 0 fully saturated rings. The molecule has 0 N–H and O–H groups in total. The van der Waals surface area contributed by atoms with Gasteiger partial charge in [0, 0.05) is 32.7 Å². The lowest BCUT2D eigenvalue weighted by Crippen LogP contribution is -2.05. The Morgan fingerprint density at radius 1 is 0.429 bits per heavy atom. The van der Waals surface area contributed by atoms with Gasteiger partial charge in [0.1, 0.15) is 11.2 Å². The Kier molecular flexibility index (Phi) is 5.10. The predicted molar refractivity (Wildman–Crippen MR) is 229 cm³/mol. The number of furan rings is 1. The fraction of sp³-hybridized carbons (Fsp3) is 0. The lowest BCUT2D eigenvalue weighted by atomic mass is 9.97. The molecule has 0 aliphatic heterocycles. The normalized spacial score (nSPS) is 14.6. The van der Waals surface area contributed by atoms with Crippen molar-refractivity contribution < 1.29 is 20.9 Å². The number of rotatable bonds is 6. The van der Waals surface area contributed by atoms with Gasteiger partial charge in [-0.05, 0) is 64.6 Å². The van der Waals surface area contributed by atoms with E-state index in [9.17, 15) is 6.85 Å². The summed E-state index contributed by atoms with van der Waals surface area (Å²) in [7, 11) is 0. The first-order valence-electron chi connectivity index (χ1n) is 23.8. The molecule has 8 aromatic carbocycles. The molecule has 11 aromatic rings. The molecule has 0 radical (unpaired) electrons. The van der Waals surface area contributed by atoms with Crippen LogP contribution in [0.4, 0.5) is 0 Å². The largest absolute Gasteiger partial charge is 0.456 e. The van der Waals surface area contributed by atoms with Gasteiger partial charge in [0.05, 0.1) is 38.7 Å². The maximum absolute atomic E-state index is 9.74. The third kappa shape index (κ3) is 5.29. The van der Waals surface area contributed by atoms with Crippen LogP contribution in [0.2, 0.25) is 0 Å². The van der Waals surface area contributed by atoms with Gasteiger partial charge in [0.25, 0.3) is 0 Å². The van der Waals surface area contributed by atoms with Crippen LogP contribution in [-0.2, 0) is 0 Å². The van der Waals surface area contributed by atoms with Gasteiger partial charge in [-0.15, -0.1) is 0 Å². The SMILES string of the molecule is [2H]c1c([2H])c([2H])c(-c2c([2H])c([2H])c3c(c2[2H])c2c([2H])c([2H])c([2H])c([2H])c2n3-c2cccc(-c3ccccc3)c2-c2nc(-c3ccccc3)nc(-c3ccc4c(c3)oc3ccccc34)n2)c([2H])c1[2H]. The molecule has 11 rings (SSSR count). The number of hydrogen-bond donors (Lipinski definition) is 0. The molecular formula is C51H32N4O. The van der Waals surface area contributed by atoms with Crippen molar-refractivity contribution in [2.24, 2.45) is 0 Å². The van der Waals surface area contributed by atoms with Crippen LogP contribution in [-0.4, -0.2) is 19.5 Å². The Bertz CT molecular complexity index is 3920. The Morgan fingerprint density at radius 2 is 1.11 bits per heavy atom. The van der Waals surface area contributed by atoms with Crippen molar-refractivity contribution >= 4 is 43.7 Å². The van der Waals surface area contributed by atoms with E-state index in [1.165, 1.54) is 4.57 Å². The standard InChI is InChI=1S/C51H32N4O/c1-4-15-33(16-5-1)36-28-30-44-42(31-36)39-21-10-12-24-43(39)55(44)45-25-14-23-38(34-17-6-2-7-18-34)48(45)51-53-49(35-19-8-3-9-20-35)52-50(54-51)37-27-29-41-40-22-11-13-26-46(40)56-47(41)32-37/h1-32H/i1D,4D,5D,10D,12D,15D,16D,21D,24D,28D,30D,31D. The fourth-order valence-corrected chi connectivity index (χ4v) is 7.27. The Morgan fingerprint density at radius 3 is 1.95 bits per heavy atom. The summed E-state index contributed by atoms with van der Waals surface area (Å²) in [4.78, 5) is 15.3. The van der Waals surface area contributed by atoms with E-state index in [4.69, 9.17) is 29.0 Å². The molecule has 0 aliphatic carbocycles. The summed E-state index contributed by atoms with van der Waals surface area (Å²) < 4.78 is 116. The van der Waals surface area contributed by atoms with Crippen molar-refractivity contribution in [2.45, 2.75) is 0 Å². The molecule has 3 heterocycles. The Labute approximate surface area is 339 Å². The molecule has 0 bridgehead atoms. The second-order valence-electron chi connectivity index (χ2n) is 13.1. The van der Waals surface area contributed by atoms with Gasteiger partial charge in [-0.2, -0.15) is 0 Å². The van der Waals surface area contributed by atoms with Crippen molar-refractivity contribution in [1.82, 2.24) is 19.5 Å². The fourth-order valence-electron chi connectivity index (χ4n) is 7.27. The van der Waals surface area contributed by atoms with Crippen molar-refractivity contribution in [2.75, 3.05) is 0 Å². The number of hydrogen-bond acceptors (Lipinski definition) is 4. The first kappa shape index (κ1) is 21.9. The summed E-state index contributed by atoms with van der Waals surface area (Å²) in [6.07, 6.45) is 0. The van der Waals surface area contributed by atoms with Gasteiger partial charge >= 0.3 is 0 Å². The van der Waals surface area contributed by atoms with Crippen LogP contribution in [0.25, 0.3) is 106 Å². The highest BCUT2D eigenvalue weighted by molar-refractivity contribution is 6.11. The van der Waals surface area contributed by atoms with Crippen molar-refractivity contribution in [3.63, 3.8) is 0 Å². The molecular weight excluding hydrogens is 685 g/mol. The molecule has 56 heavy (non-hydrogen) atoms. The highest BCUT2D eigenvalue weighted by atomic mass is 16.3. The summed E-state index contributed by atoms with van der Waals surface area (Å²) in [6, 6.07) is 29.9. The number of fused-ring (bicyclic) bond motifs is 6. The molecule has 3 aromatic heterocycles. The summed E-state index contributed by atoms with van der Waals surface area (Å²) >= 11 is 0. The molecule has 0 saturated carbocycles. The minimum atomic E-state index is -0.706. The van der Waals surface area contributed by atoms with Gasteiger partial charge in [-0.3, -0.25) is 0 Å². The average Bonchev–Trinajstić information content (AvgIpc) is 3.93. The molecule has 0 amide bonds. The minimum Gasteiger partial charge on any atom is -0.456 e. The van der Waals surface area contributed by atoms with Crippen molar-refractivity contribution in [3.05, 3.63) is 194 Å². The van der Waals surface area contributed by atoms with E-state index >= 15 is 0 Å². The highest BCUT2D eigenvalue weighted by Crippen LogP contribution is 2.42. The first-order chi connectivity index (χ1) is 32.8. The zero-order valence-electron chi connectivity index (χ0n) is 41.2. The van der Waals surface area contributed by atoms with Crippen LogP contribution in [0.3, 0.4) is 0 Å².